The molecule has 26 heavy (non-hydrogen) atoms. The topological polar surface area (TPSA) is 95.5 Å². The van der Waals surface area contributed by atoms with Crippen LogP contribution in [-0.4, -0.2) is 33.1 Å². The Hall–Kier alpha value is -1.90. The number of thiophene rings is 1. The van der Waals surface area contributed by atoms with Gasteiger partial charge in [0.15, 0.2) is 0 Å². The lowest BCUT2D eigenvalue weighted by molar-refractivity contribution is -0.135. The third-order valence-electron chi connectivity index (χ3n) is 2.72. The Morgan fingerprint density at radius 2 is 1.62 bits per heavy atom. The first-order valence-electron chi connectivity index (χ1n) is 8.43. The lowest BCUT2D eigenvalue weighted by Crippen LogP contribution is -2.28. The normalized spacial score (nSPS) is 10.0. The fourth-order valence-electron chi connectivity index (χ4n) is 1.65. The second kappa shape index (κ2) is 12.5. The molecule has 2 rings (SSSR count). The maximum Gasteiger partial charge on any atom is 0.318 e. The molecular weight excluding hydrogens is 372 g/mol. The third kappa shape index (κ3) is 7.99. The summed E-state index contributed by atoms with van der Waals surface area (Å²) in [5.41, 5.74) is 1.87. The van der Waals surface area contributed by atoms with Crippen LogP contribution in [0.25, 0.3) is 10.4 Å². The molecule has 146 valence electrons. The molecule has 0 saturated carbocycles. The van der Waals surface area contributed by atoms with Crippen molar-refractivity contribution < 1.29 is 18.3 Å². The first-order chi connectivity index (χ1) is 12.3. The van der Waals surface area contributed by atoms with Crippen LogP contribution in [-0.2, 0) is 14.8 Å². The molecule has 2 aromatic rings. The lowest BCUT2D eigenvalue weighted by Gasteiger charge is -2.02. The number of hydrogen-bond donors (Lipinski definition) is 3. The van der Waals surface area contributed by atoms with E-state index in [1.54, 1.807) is 6.07 Å². The van der Waals surface area contributed by atoms with E-state index in [4.69, 9.17) is 5.11 Å². The van der Waals surface area contributed by atoms with Gasteiger partial charge in [-0.25, -0.2) is 8.42 Å². The van der Waals surface area contributed by atoms with E-state index in [1.807, 2.05) is 49.9 Å². The maximum absolute atomic E-state index is 11.9. The Balaban J connectivity index is 0.00000113. The molecule has 0 aliphatic carbocycles. The van der Waals surface area contributed by atoms with E-state index >= 15 is 0 Å². The first-order valence-corrected chi connectivity index (χ1v) is 10.7. The molecule has 6 nitrogen and oxygen atoms in total. The molecule has 1 aromatic heterocycles. The second-order valence-corrected chi connectivity index (χ2v) is 7.95. The summed E-state index contributed by atoms with van der Waals surface area (Å²) in [6.07, 6.45) is 1.25. The number of aliphatic carboxylic acids is 1. The lowest BCUT2D eigenvalue weighted by atomic mass is 10.2. The highest BCUT2D eigenvalue weighted by Gasteiger charge is 2.18. The van der Waals surface area contributed by atoms with Gasteiger partial charge in [-0.05, 0) is 29.8 Å². The van der Waals surface area contributed by atoms with Crippen molar-refractivity contribution in [2.75, 3.05) is 18.9 Å². The molecule has 1 heterocycles. The summed E-state index contributed by atoms with van der Waals surface area (Å²) >= 11 is 1.09. The molecule has 0 radical (unpaired) electrons. The zero-order valence-corrected chi connectivity index (χ0v) is 17.5. The minimum Gasteiger partial charge on any atom is -0.480 e. The molecular formula is C18H28N2O4S2. The Bertz CT molecular complexity index is 754. The number of carbonyl (C=O) groups is 1. The van der Waals surface area contributed by atoms with Gasteiger partial charge < -0.3 is 10.4 Å². The van der Waals surface area contributed by atoms with Crippen LogP contribution in [0.3, 0.4) is 0 Å². The molecule has 0 unspecified atom stereocenters. The summed E-state index contributed by atoms with van der Waals surface area (Å²) in [4.78, 5) is 11.2. The number of sulfonamides is 1. The van der Waals surface area contributed by atoms with Gasteiger partial charge in [-0.15, -0.1) is 11.3 Å². The van der Waals surface area contributed by atoms with E-state index in [0.717, 1.165) is 27.5 Å². The summed E-state index contributed by atoms with van der Waals surface area (Å²) < 4.78 is 25.9. The highest BCUT2D eigenvalue weighted by atomic mass is 32.2. The van der Waals surface area contributed by atoms with Gasteiger partial charge in [0.2, 0.25) is 0 Å². The number of benzene rings is 1. The highest BCUT2D eigenvalue weighted by molar-refractivity contribution is 7.91. The van der Waals surface area contributed by atoms with Gasteiger partial charge in [0, 0.05) is 17.6 Å². The summed E-state index contributed by atoms with van der Waals surface area (Å²) in [7, 11) is -1.96. The highest BCUT2D eigenvalue weighted by Crippen LogP contribution is 2.31. The van der Waals surface area contributed by atoms with Gasteiger partial charge in [0.25, 0.3) is 10.0 Å². The van der Waals surface area contributed by atoms with E-state index in [9.17, 15) is 13.2 Å². The zero-order chi connectivity index (χ0) is 20.2. The second-order valence-electron chi connectivity index (χ2n) is 4.87. The Labute approximate surface area is 160 Å². The molecule has 0 spiro atoms. The van der Waals surface area contributed by atoms with Gasteiger partial charge in [-0.1, -0.05) is 46.2 Å². The number of carboxylic acid groups (broad SMARTS) is 1. The summed E-state index contributed by atoms with van der Waals surface area (Å²) in [5.74, 6) is -1.22. The van der Waals surface area contributed by atoms with Crippen molar-refractivity contribution in [2.45, 2.75) is 38.3 Å². The SMILES string of the molecule is CC.CCC.CNc1ccc(-c2ccc(S(=O)(=O)NCC(=O)O)s2)cc1. The van der Waals surface area contributed by atoms with Crippen LogP contribution in [0.1, 0.15) is 34.1 Å². The van der Waals surface area contributed by atoms with E-state index < -0.39 is 22.5 Å². The number of nitrogens with one attached hydrogen (secondary N) is 2. The third-order valence-corrected chi connectivity index (χ3v) is 5.75. The maximum atomic E-state index is 11.9. The van der Waals surface area contributed by atoms with Crippen molar-refractivity contribution in [1.29, 1.82) is 0 Å². The van der Waals surface area contributed by atoms with E-state index in [2.05, 4.69) is 19.2 Å². The van der Waals surface area contributed by atoms with Gasteiger partial charge in [0.05, 0.1) is 0 Å². The van der Waals surface area contributed by atoms with Crippen molar-refractivity contribution in [2.24, 2.45) is 0 Å². The quantitative estimate of drug-likeness (QED) is 0.673. The predicted octanol–water partition coefficient (Wildman–Crippen LogP) is 4.26. The van der Waals surface area contributed by atoms with Gasteiger partial charge >= 0.3 is 5.97 Å². The molecule has 0 amide bonds. The van der Waals surface area contributed by atoms with E-state index in [0.29, 0.717) is 0 Å². The molecule has 1 aromatic carbocycles. The van der Waals surface area contributed by atoms with E-state index in [-0.39, 0.29) is 4.21 Å². The molecule has 0 fully saturated rings. The predicted molar refractivity (Wildman–Crippen MR) is 109 cm³/mol. The minimum atomic E-state index is -3.78. The van der Waals surface area contributed by atoms with Crippen molar-refractivity contribution in [1.82, 2.24) is 4.72 Å². The fourth-order valence-corrected chi connectivity index (χ4v) is 3.98. The summed E-state index contributed by atoms with van der Waals surface area (Å²) in [6.45, 7) is 7.62. The average Bonchev–Trinajstić information content (AvgIpc) is 3.14. The number of carboxylic acids is 1. The average molecular weight is 401 g/mol. The Morgan fingerprint density at radius 1 is 1.08 bits per heavy atom. The summed E-state index contributed by atoms with van der Waals surface area (Å²) in [6, 6.07) is 10.7. The van der Waals surface area contributed by atoms with Crippen LogP contribution in [0.4, 0.5) is 5.69 Å². The molecule has 0 bridgehead atoms. The zero-order valence-electron chi connectivity index (χ0n) is 15.9. The van der Waals surface area contributed by atoms with Crippen LogP contribution in [0.2, 0.25) is 0 Å². The van der Waals surface area contributed by atoms with E-state index in [1.165, 1.54) is 12.5 Å². The molecule has 0 aliphatic heterocycles. The largest absolute Gasteiger partial charge is 0.480 e. The smallest absolute Gasteiger partial charge is 0.318 e. The first kappa shape index (κ1) is 24.1. The standard InChI is InChI=1S/C13H14N2O4S2.C3H8.C2H6/c1-14-10-4-2-9(3-5-10)11-6-7-13(20-11)21(18,19)15-8-12(16)17;1-3-2;1-2/h2-7,14-15H,8H2,1H3,(H,16,17);3H2,1-2H3;1-2H3. The molecule has 0 saturated heterocycles. The van der Waals surface area contributed by atoms with Gasteiger partial charge in [-0.2, -0.15) is 4.72 Å². The van der Waals surface area contributed by atoms with Crippen molar-refractivity contribution in [3.8, 4) is 10.4 Å². The molecule has 8 heteroatoms. The van der Waals surface area contributed by atoms with Crippen LogP contribution >= 0.6 is 11.3 Å². The van der Waals surface area contributed by atoms with Crippen LogP contribution in [0, 0.1) is 0 Å². The Kier molecular flexibility index (Phi) is 11.5. The molecule has 3 N–H and O–H groups in total. The van der Waals surface area contributed by atoms with Crippen LogP contribution in [0.5, 0.6) is 0 Å². The molecule has 0 atom stereocenters. The Morgan fingerprint density at radius 3 is 2.08 bits per heavy atom. The monoisotopic (exact) mass is 400 g/mol. The van der Waals surface area contributed by atoms with Crippen molar-refractivity contribution in [3.05, 3.63) is 36.4 Å². The molecule has 0 aliphatic rings. The van der Waals surface area contributed by atoms with Crippen LogP contribution < -0.4 is 10.0 Å². The van der Waals surface area contributed by atoms with Crippen molar-refractivity contribution >= 4 is 33.0 Å². The minimum absolute atomic E-state index is 0.0939. The number of rotatable bonds is 6. The van der Waals surface area contributed by atoms with Crippen molar-refractivity contribution in [3.63, 3.8) is 0 Å². The number of anilines is 1. The van der Waals surface area contributed by atoms with Gasteiger partial charge in [-0.3, -0.25) is 4.79 Å². The van der Waals surface area contributed by atoms with Crippen LogP contribution in [0.15, 0.2) is 40.6 Å². The summed E-state index contributed by atoms with van der Waals surface area (Å²) in [5, 5.41) is 11.5. The fraction of sp³-hybridized carbons (Fsp3) is 0.389. The van der Waals surface area contributed by atoms with Gasteiger partial charge in [0.1, 0.15) is 10.8 Å². The number of hydrogen-bond acceptors (Lipinski definition) is 5.